The second-order valence-corrected chi connectivity index (χ2v) is 13.6. The quantitative estimate of drug-likeness (QED) is 0.166. The molecule has 0 fully saturated rings. The summed E-state index contributed by atoms with van der Waals surface area (Å²) in [6.45, 7) is 8.20. The van der Waals surface area contributed by atoms with Gasteiger partial charge in [0.2, 0.25) is 0 Å². The van der Waals surface area contributed by atoms with Gasteiger partial charge in [-0.2, -0.15) is 5.26 Å². The molecule has 0 aliphatic rings. The summed E-state index contributed by atoms with van der Waals surface area (Å²) in [5.74, 6) is 0. The molecule has 10 rings (SSSR count). The van der Waals surface area contributed by atoms with E-state index in [1.807, 2.05) is 36.4 Å². The van der Waals surface area contributed by atoms with Gasteiger partial charge in [0, 0.05) is 32.9 Å². The van der Waals surface area contributed by atoms with Gasteiger partial charge < -0.3 is 9.13 Å². The Hall–Kier alpha value is -7.66. The summed E-state index contributed by atoms with van der Waals surface area (Å²) in [6.07, 6.45) is 0. The van der Waals surface area contributed by atoms with Crippen LogP contribution >= 0.6 is 0 Å². The van der Waals surface area contributed by atoms with Crippen LogP contribution in [0.4, 0.5) is 5.69 Å². The highest BCUT2D eigenvalue weighted by atomic mass is 15.0. The van der Waals surface area contributed by atoms with Crippen molar-refractivity contribution in [1.82, 2.24) is 9.13 Å². The maximum absolute atomic E-state index is 10.5. The molecule has 0 saturated carbocycles. The van der Waals surface area contributed by atoms with E-state index in [2.05, 4.69) is 166 Å². The Morgan fingerprint density at radius 3 is 1.39 bits per heavy atom. The predicted molar refractivity (Wildman–Crippen MR) is 222 cm³/mol. The Labute approximate surface area is 312 Å². The number of rotatable bonds is 5. The first-order valence-electron chi connectivity index (χ1n) is 17.9. The van der Waals surface area contributed by atoms with Gasteiger partial charge in [-0.3, -0.25) is 0 Å². The van der Waals surface area contributed by atoms with E-state index in [0.717, 1.165) is 77.2 Å². The van der Waals surface area contributed by atoms with Crippen molar-refractivity contribution in [2.24, 2.45) is 0 Å². The summed E-state index contributed by atoms with van der Waals surface area (Å²) in [4.78, 5) is 3.97. The van der Waals surface area contributed by atoms with Crippen molar-refractivity contribution in [2.45, 2.75) is 0 Å². The number of benzene rings is 8. The van der Waals surface area contributed by atoms with E-state index in [4.69, 9.17) is 6.57 Å². The SMILES string of the molecule is [C-]#[N+]c1ccc(-n2c3ccccc3c3cc(-c4ccccc4)ccc32)cc1-c1cc(-n2c3ccccc3c3cc(-c4ccccc4)ccc32)ccc1C#N. The molecule has 0 aliphatic carbocycles. The van der Waals surface area contributed by atoms with Crippen LogP contribution in [0.3, 0.4) is 0 Å². The summed E-state index contributed by atoms with van der Waals surface area (Å²) in [5, 5.41) is 15.1. The van der Waals surface area contributed by atoms with Crippen molar-refractivity contribution >= 4 is 49.3 Å². The molecule has 10 aromatic rings. The monoisotopic (exact) mass is 686 g/mol. The zero-order valence-electron chi connectivity index (χ0n) is 29.1. The summed E-state index contributed by atoms with van der Waals surface area (Å²) >= 11 is 0. The molecule has 8 aromatic carbocycles. The molecule has 0 radical (unpaired) electrons. The molecule has 2 aromatic heterocycles. The first-order chi connectivity index (χ1) is 26.7. The Morgan fingerprint density at radius 1 is 0.407 bits per heavy atom. The predicted octanol–water partition coefficient (Wildman–Crippen LogP) is 13.3. The molecular weight excluding hydrogens is 657 g/mol. The third-order valence-electron chi connectivity index (χ3n) is 10.6. The Bertz CT molecular complexity index is 2950. The third kappa shape index (κ3) is 4.90. The molecule has 0 saturated heterocycles. The van der Waals surface area contributed by atoms with Gasteiger partial charge in [0.1, 0.15) is 0 Å². The molecule has 0 N–H and O–H groups in total. The fourth-order valence-electron chi connectivity index (χ4n) is 8.09. The van der Waals surface area contributed by atoms with E-state index in [9.17, 15) is 5.26 Å². The number of para-hydroxylation sites is 2. The smallest absolute Gasteiger partial charge is 0.195 e. The minimum absolute atomic E-state index is 0.495. The number of fused-ring (bicyclic) bond motifs is 6. The molecular formula is C50H30N4. The maximum Gasteiger partial charge on any atom is 0.195 e. The van der Waals surface area contributed by atoms with Crippen LogP contribution in [0.2, 0.25) is 0 Å². The largest absolute Gasteiger partial charge is 0.309 e. The van der Waals surface area contributed by atoms with Crippen molar-refractivity contribution in [3.05, 3.63) is 199 Å². The number of aromatic nitrogens is 2. The van der Waals surface area contributed by atoms with E-state index in [0.29, 0.717) is 11.3 Å². The molecule has 0 amide bonds. The Morgan fingerprint density at radius 2 is 0.870 bits per heavy atom. The molecule has 0 unspecified atom stereocenters. The molecule has 4 heteroatoms. The number of hydrogen-bond donors (Lipinski definition) is 0. The number of nitriles is 1. The molecule has 0 bridgehead atoms. The molecule has 4 nitrogen and oxygen atoms in total. The topological polar surface area (TPSA) is 38.0 Å². The van der Waals surface area contributed by atoms with Crippen LogP contribution < -0.4 is 0 Å². The zero-order valence-corrected chi connectivity index (χ0v) is 29.1. The fraction of sp³-hybridized carbons (Fsp3) is 0. The van der Waals surface area contributed by atoms with Gasteiger partial charge in [0.25, 0.3) is 0 Å². The van der Waals surface area contributed by atoms with Crippen LogP contribution in [0.5, 0.6) is 0 Å². The van der Waals surface area contributed by atoms with Crippen molar-refractivity contribution in [3.63, 3.8) is 0 Å². The van der Waals surface area contributed by atoms with Crippen LogP contribution in [0.1, 0.15) is 5.56 Å². The van der Waals surface area contributed by atoms with E-state index < -0.39 is 0 Å². The second kappa shape index (κ2) is 12.5. The van der Waals surface area contributed by atoms with E-state index in [-0.39, 0.29) is 0 Å². The van der Waals surface area contributed by atoms with Gasteiger partial charge in [-0.05, 0) is 100 Å². The summed E-state index contributed by atoms with van der Waals surface area (Å²) in [5.41, 5.74) is 13.3. The molecule has 54 heavy (non-hydrogen) atoms. The van der Waals surface area contributed by atoms with Crippen LogP contribution in [-0.2, 0) is 0 Å². The highest BCUT2D eigenvalue weighted by molar-refractivity contribution is 6.12. The Kier molecular flexibility index (Phi) is 7.22. The normalized spacial score (nSPS) is 11.3. The fourth-order valence-corrected chi connectivity index (χ4v) is 8.09. The molecule has 0 spiro atoms. The molecule has 0 atom stereocenters. The number of hydrogen-bond acceptors (Lipinski definition) is 1. The van der Waals surface area contributed by atoms with Gasteiger partial charge in [-0.1, -0.05) is 115 Å². The van der Waals surface area contributed by atoms with Crippen molar-refractivity contribution in [1.29, 1.82) is 5.26 Å². The summed E-state index contributed by atoms with van der Waals surface area (Å²) in [6, 6.07) is 65.4. The summed E-state index contributed by atoms with van der Waals surface area (Å²) < 4.78 is 4.53. The van der Waals surface area contributed by atoms with Gasteiger partial charge >= 0.3 is 0 Å². The lowest BCUT2D eigenvalue weighted by Gasteiger charge is -2.15. The first kappa shape index (κ1) is 31.1. The second-order valence-electron chi connectivity index (χ2n) is 13.6. The van der Waals surface area contributed by atoms with Crippen LogP contribution in [-0.4, -0.2) is 9.13 Å². The van der Waals surface area contributed by atoms with Crippen LogP contribution in [0, 0.1) is 17.9 Å². The zero-order chi connectivity index (χ0) is 36.2. The number of nitrogens with zero attached hydrogens (tertiary/aromatic N) is 4. The van der Waals surface area contributed by atoms with Gasteiger partial charge in [0.15, 0.2) is 5.69 Å². The average Bonchev–Trinajstić information content (AvgIpc) is 3.76. The van der Waals surface area contributed by atoms with Gasteiger partial charge in [0.05, 0.1) is 40.3 Å². The standard InChI is InChI=1S/C50H30N4/c1-52-46-25-24-39(54-48-19-11-9-17-41(48)45-29-36(22-27-50(45)54)34-14-6-3-7-15-34)31-43(46)42-30-38(23-20-37(42)32-51)53-47-18-10-8-16-40(47)44-28-35(21-26-49(44)53)33-12-4-2-5-13-33/h2-31H. The van der Waals surface area contributed by atoms with Gasteiger partial charge in [-0.25, -0.2) is 4.85 Å². The van der Waals surface area contributed by atoms with E-state index in [1.54, 1.807) is 0 Å². The van der Waals surface area contributed by atoms with Gasteiger partial charge in [-0.15, -0.1) is 0 Å². The van der Waals surface area contributed by atoms with E-state index in [1.165, 1.54) is 11.1 Å². The highest BCUT2D eigenvalue weighted by Crippen LogP contribution is 2.41. The lowest BCUT2D eigenvalue weighted by atomic mass is 9.97. The first-order valence-corrected chi connectivity index (χ1v) is 17.9. The lowest BCUT2D eigenvalue weighted by Crippen LogP contribution is -1.98. The lowest BCUT2D eigenvalue weighted by molar-refractivity contribution is 1.17. The Balaban J connectivity index is 1.17. The van der Waals surface area contributed by atoms with Crippen LogP contribution in [0.25, 0.3) is 93.2 Å². The molecule has 0 aliphatic heterocycles. The van der Waals surface area contributed by atoms with Crippen molar-refractivity contribution < 1.29 is 0 Å². The maximum atomic E-state index is 10.5. The summed E-state index contributed by atoms with van der Waals surface area (Å²) in [7, 11) is 0. The third-order valence-corrected chi connectivity index (χ3v) is 10.6. The van der Waals surface area contributed by atoms with Crippen molar-refractivity contribution in [3.8, 4) is 50.8 Å². The van der Waals surface area contributed by atoms with Crippen LogP contribution in [0.15, 0.2) is 182 Å². The average molecular weight is 687 g/mol. The minimum Gasteiger partial charge on any atom is -0.309 e. The molecule has 250 valence electrons. The minimum atomic E-state index is 0.495. The van der Waals surface area contributed by atoms with Crippen molar-refractivity contribution in [2.75, 3.05) is 0 Å². The van der Waals surface area contributed by atoms with E-state index >= 15 is 0 Å². The highest BCUT2D eigenvalue weighted by Gasteiger charge is 2.19. The molecule has 2 heterocycles.